The minimum Gasteiger partial charge on any atom is -0.307 e. The topological polar surface area (TPSA) is 61.4 Å². The van der Waals surface area contributed by atoms with Gasteiger partial charge in [-0.05, 0) is 65.6 Å². The summed E-state index contributed by atoms with van der Waals surface area (Å²) in [7, 11) is 0. The van der Waals surface area contributed by atoms with Crippen molar-refractivity contribution in [2.24, 2.45) is 0 Å². The van der Waals surface area contributed by atoms with Gasteiger partial charge in [0, 0.05) is 17.1 Å². The summed E-state index contributed by atoms with van der Waals surface area (Å²) < 4.78 is 1.07. The third-order valence-corrected chi connectivity index (χ3v) is 5.54. The van der Waals surface area contributed by atoms with Crippen molar-refractivity contribution in [1.29, 1.82) is 0 Å². The van der Waals surface area contributed by atoms with Crippen LogP contribution >= 0.6 is 27.3 Å². The Morgan fingerprint density at radius 1 is 1.20 bits per heavy atom. The molecule has 134 valence electrons. The summed E-state index contributed by atoms with van der Waals surface area (Å²) >= 11 is 5.08. The summed E-state index contributed by atoms with van der Waals surface area (Å²) in [5, 5.41) is 5.13. The van der Waals surface area contributed by atoms with E-state index in [-0.39, 0.29) is 12.5 Å². The second-order valence-corrected chi connectivity index (χ2v) is 8.31. The highest BCUT2D eigenvalue weighted by atomic mass is 79.9. The number of rotatable bonds is 6. The molecule has 1 heterocycles. The van der Waals surface area contributed by atoms with E-state index >= 15 is 0 Å². The molecule has 0 spiro atoms. The van der Waals surface area contributed by atoms with E-state index in [9.17, 15) is 9.59 Å². The minimum atomic E-state index is -0.506. The summed E-state index contributed by atoms with van der Waals surface area (Å²) in [6.45, 7) is 7.48. The van der Waals surface area contributed by atoms with Crippen molar-refractivity contribution < 1.29 is 9.59 Å². The van der Waals surface area contributed by atoms with E-state index in [2.05, 4.69) is 26.6 Å². The Labute approximate surface area is 160 Å². The maximum absolute atomic E-state index is 12.1. The molecule has 0 unspecified atom stereocenters. The molecular formula is C18H22BrN3O2S. The van der Waals surface area contributed by atoms with Crippen LogP contribution in [0.3, 0.4) is 0 Å². The molecule has 0 bridgehead atoms. The van der Waals surface area contributed by atoms with Crippen molar-refractivity contribution in [2.75, 3.05) is 18.4 Å². The van der Waals surface area contributed by atoms with Gasteiger partial charge in [0.2, 0.25) is 5.91 Å². The lowest BCUT2D eigenvalue weighted by Gasteiger charge is -2.19. The van der Waals surface area contributed by atoms with Crippen LogP contribution in [0.5, 0.6) is 0 Å². The van der Waals surface area contributed by atoms with E-state index < -0.39 is 6.03 Å². The van der Waals surface area contributed by atoms with Crippen LogP contribution in [0.2, 0.25) is 0 Å². The van der Waals surface area contributed by atoms with Gasteiger partial charge in [-0.15, -0.1) is 11.3 Å². The van der Waals surface area contributed by atoms with Crippen LogP contribution in [0.4, 0.5) is 10.5 Å². The van der Waals surface area contributed by atoms with Gasteiger partial charge in [0.15, 0.2) is 0 Å². The molecule has 2 aromatic rings. The van der Waals surface area contributed by atoms with Gasteiger partial charge in [0.1, 0.15) is 0 Å². The third kappa shape index (κ3) is 5.95. The highest BCUT2D eigenvalue weighted by molar-refractivity contribution is 9.11. The Morgan fingerprint density at radius 2 is 1.96 bits per heavy atom. The minimum absolute atomic E-state index is 0.173. The summed E-state index contributed by atoms with van der Waals surface area (Å²) in [5.41, 5.74) is 2.79. The molecule has 1 aromatic heterocycles. The number of nitrogens with zero attached hydrogens (tertiary/aromatic N) is 1. The molecule has 0 aliphatic carbocycles. The maximum atomic E-state index is 12.1. The molecule has 2 N–H and O–H groups in total. The van der Waals surface area contributed by atoms with Gasteiger partial charge in [0.05, 0.1) is 10.3 Å². The lowest BCUT2D eigenvalue weighted by atomic mass is 10.1. The number of nitrogens with one attached hydrogen (secondary N) is 2. The number of hydrogen-bond acceptors (Lipinski definition) is 4. The van der Waals surface area contributed by atoms with Crippen LogP contribution in [0.15, 0.2) is 34.1 Å². The molecule has 25 heavy (non-hydrogen) atoms. The number of aryl methyl sites for hydroxylation is 1. The van der Waals surface area contributed by atoms with E-state index in [1.807, 2.05) is 56.0 Å². The molecule has 0 saturated heterocycles. The maximum Gasteiger partial charge on any atom is 0.325 e. The number of imide groups is 1. The van der Waals surface area contributed by atoms with Gasteiger partial charge in [-0.1, -0.05) is 19.1 Å². The largest absolute Gasteiger partial charge is 0.325 e. The first-order valence-corrected chi connectivity index (χ1v) is 9.63. The van der Waals surface area contributed by atoms with Crippen LogP contribution in [0.1, 0.15) is 22.9 Å². The normalized spacial score (nSPS) is 10.8. The average molecular weight is 424 g/mol. The second kappa shape index (κ2) is 9.12. The van der Waals surface area contributed by atoms with Crippen molar-refractivity contribution in [2.45, 2.75) is 27.3 Å². The average Bonchev–Trinajstić information content (AvgIpc) is 2.96. The molecule has 0 fully saturated rings. The molecule has 0 atom stereocenters. The zero-order valence-corrected chi connectivity index (χ0v) is 17.0. The number of halogens is 1. The highest BCUT2D eigenvalue weighted by Gasteiger charge is 2.14. The predicted molar refractivity (Wildman–Crippen MR) is 106 cm³/mol. The summed E-state index contributed by atoms with van der Waals surface area (Å²) in [6.07, 6.45) is 0. The standard InChI is InChI=1S/C18H22BrN3O2S/c1-4-22(10-14-8-9-16(19)25-14)11-17(23)21-18(24)20-15-7-5-6-12(2)13(15)3/h5-9H,4,10-11H2,1-3H3,(H2,20,21,23,24). The van der Waals surface area contributed by atoms with Crippen LogP contribution in [0, 0.1) is 13.8 Å². The van der Waals surface area contributed by atoms with Gasteiger partial charge in [-0.3, -0.25) is 15.0 Å². The summed E-state index contributed by atoms with van der Waals surface area (Å²) in [5.74, 6) is -0.319. The van der Waals surface area contributed by atoms with Gasteiger partial charge in [-0.25, -0.2) is 4.79 Å². The van der Waals surface area contributed by atoms with E-state index in [0.717, 1.165) is 21.5 Å². The quantitative estimate of drug-likeness (QED) is 0.727. The van der Waals surface area contributed by atoms with Gasteiger partial charge in [-0.2, -0.15) is 0 Å². The van der Waals surface area contributed by atoms with Crippen molar-refractivity contribution >= 4 is 44.9 Å². The summed E-state index contributed by atoms with van der Waals surface area (Å²) in [4.78, 5) is 27.3. The van der Waals surface area contributed by atoms with Crippen molar-refractivity contribution in [1.82, 2.24) is 10.2 Å². The SMILES string of the molecule is CCN(CC(=O)NC(=O)Nc1cccc(C)c1C)Cc1ccc(Br)s1. The number of urea groups is 1. The lowest BCUT2D eigenvalue weighted by Crippen LogP contribution is -2.41. The van der Waals surface area contributed by atoms with E-state index in [4.69, 9.17) is 0 Å². The fourth-order valence-electron chi connectivity index (χ4n) is 2.35. The van der Waals surface area contributed by atoms with Crippen LogP contribution < -0.4 is 10.6 Å². The molecule has 0 aliphatic heterocycles. The zero-order chi connectivity index (χ0) is 18.4. The number of anilines is 1. The molecular weight excluding hydrogens is 402 g/mol. The predicted octanol–water partition coefficient (Wildman–Crippen LogP) is 4.30. The Morgan fingerprint density at radius 3 is 2.60 bits per heavy atom. The number of carbonyl (C=O) groups is 2. The lowest BCUT2D eigenvalue weighted by molar-refractivity contribution is -0.121. The number of benzene rings is 1. The fraction of sp³-hybridized carbons (Fsp3) is 0.333. The van der Waals surface area contributed by atoms with E-state index in [1.54, 1.807) is 11.3 Å². The zero-order valence-electron chi connectivity index (χ0n) is 14.6. The summed E-state index contributed by atoms with van der Waals surface area (Å²) in [6, 6.07) is 9.19. The Bertz CT molecular complexity index is 761. The van der Waals surface area contributed by atoms with Gasteiger partial charge >= 0.3 is 6.03 Å². The fourth-order valence-corrected chi connectivity index (χ4v) is 3.87. The van der Waals surface area contributed by atoms with Crippen molar-refractivity contribution in [3.8, 4) is 0 Å². The van der Waals surface area contributed by atoms with Crippen molar-refractivity contribution in [3.63, 3.8) is 0 Å². The monoisotopic (exact) mass is 423 g/mol. The van der Waals surface area contributed by atoms with E-state index in [1.165, 1.54) is 4.88 Å². The molecule has 0 saturated carbocycles. The van der Waals surface area contributed by atoms with Gasteiger partial charge in [0.25, 0.3) is 0 Å². The van der Waals surface area contributed by atoms with Crippen molar-refractivity contribution in [3.05, 3.63) is 50.1 Å². The molecule has 0 aliphatic rings. The Kier molecular flexibility index (Phi) is 7.16. The number of hydrogen-bond donors (Lipinski definition) is 2. The van der Waals surface area contributed by atoms with Crippen LogP contribution in [-0.2, 0) is 11.3 Å². The number of likely N-dealkylation sites (N-methyl/N-ethyl adjacent to an activating group) is 1. The molecule has 0 radical (unpaired) electrons. The Hall–Kier alpha value is -1.70. The Balaban J connectivity index is 1.87. The first kappa shape index (κ1) is 19.6. The number of carbonyl (C=O) groups excluding carboxylic acids is 2. The van der Waals surface area contributed by atoms with E-state index in [0.29, 0.717) is 12.2 Å². The number of thiophene rings is 1. The second-order valence-electron chi connectivity index (χ2n) is 5.76. The van der Waals surface area contributed by atoms with Gasteiger partial charge < -0.3 is 5.32 Å². The molecule has 2 rings (SSSR count). The first-order chi connectivity index (χ1) is 11.9. The molecule has 3 amide bonds. The smallest absolute Gasteiger partial charge is 0.307 e. The highest BCUT2D eigenvalue weighted by Crippen LogP contribution is 2.23. The number of amides is 3. The molecule has 7 heteroatoms. The molecule has 1 aromatic carbocycles. The molecule has 5 nitrogen and oxygen atoms in total. The van der Waals surface area contributed by atoms with Crippen LogP contribution in [-0.4, -0.2) is 29.9 Å². The first-order valence-electron chi connectivity index (χ1n) is 8.02. The third-order valence-electron chi connectivity index (χ3n) is 3.93. The van der Waals surface area contributed by atoms with Crippen LogP contribution in [0.25, 0.3) is 0 Å².